The van der Waals surface area contributed by atoms with Crippen LogP contribution < -0.4 is 15.4 Å². The minimum atomic E-state index is -4.52. The summed E-state index contributed by atoms with van der Waals surface area (Å²) in [5.74, 6) is -0.707. The normalized spacial score (nSPS) is 18.2. The molecule has 12 nitrogen and oxygen atoms in total. The molecule has 1 aliphatic rings. The Labute approximate surface area is 252 Å². The summed E-state index contributed by atoms with van der Waals surface area (Å²) in [6.07, 6.45) is -2.48. The number of aromatic nitrogens is 2. The Morgan fingerprint density at radius 2 is 1.82 bits per heavy atom. The highest BCUT2D eigenvalue weighted by molar-refractivity contribution is 7.89. The van der Waals surface area contributed by atoms with Crippen molar-refractivity contribution < 1.29 is 41.0 Å². The maximum atomic E-state index is 13.7. The van der Waals surface area contributed by atoms with Crippen molar-refractivity contribution >= 4 is 33.3 Å². The van der Waals surface area contributed by atoms with Crippen LogP contribution in [0.15, 0.2) is 60.0 Å². The molecule has 2 aromatic carbocycles. The lowest BCUT2D eigenvalue weighted by Crippen LogP contribution is -2.50. The van der Waals surface area contributed by atoms with E-state index in [1.54, 1.807) is 14.0 Å². The minimum absolute atomic E-state index is 0.0600. The van der Waals surface area contributed by atoms with Gasteiger partial charge >= 0.3 is 12.2 Å². The topological polar surface area (TPSA) is 146 Å². The summed E-state index contributed by atoms with van der Waals surface area (Å²) in [5, 5.41) is 14.7. The van der Waals surface area contributed by atoms with Crippen molar-refractivity contribution in [3.05, 3.63) is 66.1 Å². The first kappa shape index (κ1) is 32.8. The first-order valence-corrected chi connectivity index (χ1v) is 15.0. The van der Waals surface area contributed by atoms with E-state index in [1.807, 2.05) is 6.92 Å². The van der Waals surface area contributed by atoms with Gasteiger partial charge in [-0.3, -0.25) is 4.79 Å². The fourth-order valence-electron chi connectivity index (χ4n) is 4.59. The van der Waals surface area contributed by atoms with Crippen LogP contribution in [0.5, 0.6) is 5.75 Å². The second-order valence-corrected chi connectivity index (χ2v) is 12.6. The Kier molecular flexibility index (Phi) is 9.56. The number of benzene rings is 2. The number of sulfonamides is 1. The van der Waals surface area contributed by atoms with Crippen LogP contribution in [0.3, 0.4) is 0 Å². The Morgan fingerprint density at radius 1 is 1.18 bits per heavy atom. The van der Waals surface area contributed by atoms with Crippen LogP contribution in [0.25, 0.3) is 0 Å². The molecule has 0 spiro atoms. The molecule has 16 heteroatoms. The van der Waals surface area contributed by atoms with E-state index in [9.17, 15) is 36.3 Å². The van der Waals surface area contributed by atoms with Gasteiger partial charge in [0.15, 0.2) is 5.03 Å². The Morgan fingerprint density at radius 3 is 2.41 bits per heavy atom. The number of likely N-dealkylation sites (N-methyl/N-ethyl adjacent to an activating group) is 1. The number of anilines is 2. The standard InChI is InChI=1S/C28H33F3N6O6S/c1-17-12-37(18(2)15-38)26(39)22-11-21(34-27(40)33-20-7-5-19(6-8-20)28(29,30)31)9-10-23(22)43-24(17)13-36(4)44(41,42)25-14-35(3)16-32-25/h5-11,14,16-18,24,38H,12-13,15H2,1-4H3,(H2,33,34,40)/t17-,18-,24-/m1/s1. The molecule has 1 aliphatic heterocycles. The van der Waals surface area contributed by atoms with Gasteiger partial charge in [-0.1, -0.05) is 6.92 Å². The lowest BCUT2D eigenvalue weighted by molar-refractivity contribution is -0.137. The molecule has 0 saturated heterocycles. The van der Waals surface area contributed by atoms with E-state index in [4.69, 9.17) is 4.74 Å². The number of carbonyl (C=O) groups excluding carboxylic acids is 2. The smallest absolute Gasteiger partial charge is 0.416 e. The van der Waals surface area contributed by atoms with Gasteiger partial charge in [-0.2, -0.15) is 17.5 Å². The van der Waals surface area contributed by atoms with Gasteiger partial charge in [-0.15, -0.1) is 0 Å². The van der Waals surface area contributed by atoms with Crippen LogP contribution >= 0.6 is 0 Å². The lowest BCUT2D eigenvalue weighted by atomic mass is 9.99. The van der Waals surface area contributed by atoms with E-state index in [2.05, 4.69) is 15.6 Å². The molecule has 0 aliphatic carbocycles. The number of urea groups is 1. The maximum Gasteiger partial charge on any atom is 0.416 e. The highest BCUT2D eigenvalue weighted by atomic mass is 32.2. The van der Waals surface area contributed by atoms with Crippen LogP contribution in [0.1, 0.15) is 29.8 Å². The van der Waals surface area contributed by atoms with E-state index in [0.29, 0.717) is 0 Å². The summed E-state index contributed by atoms with van der Waals surface area (Å²) in [4.78, 5) is 31.7. The van der Waals surface area contributed by atoms with Crippen LogP contribution in [-0.4, -0.2) is 83.1 Å². The van der Waals surface area contributed by atoms with Crippen LogP contribution in [0.2, 0.25) is 0 Å². The molecule has 44 heavy (non-hydrogen) atoms. The van der Waals surface area contributed by atoms with Crippen molar-refractivity contribution in [1.29, 1.82) is 0 Å². The molecule has 3 amide bonds. The number of carbonyl (C=O) groups is 2. The lowest BCUT2D eigenvalue weighted by Gasteiger charge is -2.38. The molecule has 1 aromatic heterocycles. The number of amides is 3. The second-order valence-electron chi connectivity index (χ2n) is 10.7. The number of hydrogen-bond acceptors (Lipinski definition) is 7. The van der Waals surface area contributed by atoms with Crippen molar-refractivity contribution in [3.8, 4) is 5.75 Å². The molecule has 2 heterocycles. The summed E-state index contributed by atoms with van der Waals surface area (Å²) in [5.41, 5.74) is -0.504. The SMILES string of the molecule is C[C@@H]1CN([C@H](C)CO)C(=O)c2cc(NC(=O)Nc3ccc(C(F)(F)F)cc3)ccc2O[C@@H]1CN(C)S(=O)(=O)c1cn(C)cn1. The third-order valence-electron chi connectivity index (χ3n) is 7.19. The number of halogens is 3. The Balaban J connectivity index is 1.58. The van der Waals surface area contributed by atoms with Gasteiger partial charge < -0.3 is 29.9 Å². The molecule has 0 unspecified atom stereocenters. The molecule has 0 radical (unpaired) electrons. The molecule has 3 atom stereocenters. The van der Waals surface area contributed by atoms with Gasteiger partial charge in [0.25, 0.3) is 15.9 Å². The molecule has 3 aromatic rings. The van der Waals surface area contributed by atoms with Crippen LogP contribution in [-0.2, 0) is 23.2 Å². The van der Waals surface area contributed by atoms with Gasteiger partial charge in [-0.25, -0.2) is 18.2 Å². The van der Waals surface area contributed by atoms with E-state index in [1.165, 1.54) is 47.2 Å². The number of aliphatic hydroxyl groups is 1. The largest absolute Gasteiger partial charge is 0.488 e. The molecule has 0 fully saturated rings. The summed E-state index contributed by atoms with van der Waals surface area (Å²) < 4.78 is 73.6. The zero-order valence-electron chi connectivity index (χ0n) is 24.4. The van der Waals surface area contributed by atoms with Gasteiger partial charge in [-0.05, 0) is 49.4 Å². The number of aryl methyl sites for hydroxylation is 1. The summed E-state index contributed by atoms with van der Waals surface area (Å²) >= 11 is 0. The number of rotatable bonds is 8. The monoisotopic (exact) mass is 638 g/mol. The van der Waals surface area contributed by atoms with Gasteiger partial charge in [0.1, 0.15) is 11.9 Å². The number of hydrogen-bond donors (Lipinski definition) is 3. The number of aliphatic hydroxyl groups excluding tert-OH is 1. The molecule has 4 rings (SSSR count). The molecule has 0 bridgehead atoms. The van der Waals surface area contributed by atoms with Crippen molar-refractivity contribution in [3.63, 3.8) is 0 Å². The average Bonchev–Trinajstić information content (AvgIpc) is 3.41. The number of alkyl halides is 3. The van der Waals surface area contributed by atoms with Crippen LogP contribution in [0.4, 0.5) is 29.3 Å². The fraction of sp³-hybridized carbons (Fsp3) is 0.393. The first-order valence-electron chi connectivity index (χ1n) is 13.5. The second kappa shape index (κ2) is 12.8. The van der Waals surface area contributed by atoms with E-state index in [-0.39, 0.29) is 53.3 Å². The van der Waals surface area contributed by atoms with Crippen molar-refractivity contribution in [2.75, 3.05) is 37.4 Å². The number of fused-ring (bicyclic) bond motifs is 1. The number of imidazole rings is 1. The molecular formula is C28H33F3N6O6S. The van der Waals surface area contributed by atoms with E-state index >= 15 is 0 Å². The molecular weight excluding hydrogens is 605 g/mol. The van der Waals surface area contributed by atoms with Gasteiger partial charge in [0, 0.05) is 44.1 Å². The third-order valence-corrected chi connectivity index (χ3v) is 8.89. The number of ether oxygens (including phenoxy) is 1. The van der Waals surface area contributed by atoms with Crippen molar-refractivity contribution in [2.24, 2.45) is 13.0 Å². The maximum absolute atomic E-state index is 13.7. The highest BCUT2D eigenvalue weighted by Gasteiger charge is 2.36. The summed E-state index contributed by atoms with van der Waals surface area (Å²) in [6, 6.07) is 6.85. The number of nitrogens with zero attached hydrogens (tertiary/aromatic N) is 4. The molecule has 0 saturated carbocycles. The number of nitrogens with one attached hydrogen (secondary N) is 2. The first-order chi connectivity index (χ1) is 20.6. The summed E-state index contributed by atoms with van der Waals surface area (Å²) in [7, 11) is -0.894. The van der Waals surface area contributed by atoms with Gasteiger partial charge in [0.2, 0.25) is 0 Å². The predicted molar refractivity (Wildman–Crippen MR) is 155 cm³/mol. The van der Waals surface area contributed by atoms with Crippen LogP contribution in [0, 0.1) is 5.92 Å². The van der Waals surface area contributed by atoms with E-state index < -0.39 is 45.8 Å². The molecule has 3 N–H and O–H groups in total. The minimum Gasteiger partial charge on any atom is -0.488 e. The van der Waals surface area contributed by atoms with E-state index in [0.717, 1.165) is 28.6 Å². The van der Waals surface area contributed by atoms with Crippen molar-refractivity contribution in [1.82, 2.24) is 18.8 Å². The fourth-order valence-corrected chi connectivity index (χ4v) is 5.73. The zero-order chi connectivity index (χ0) is 32.4. The predicted octanol–water partition coefficient (Wildman–Crippen LogP) is 3.62. The Hall–Kier alpha value is -4.15. The molecule has 238 valence electrons. The zero-order valence-corrected chi connectivity index (χ0v) is 25.2. The average molecular weight is 639 g/mol. The highest BCUT2D eigenvalue weighted by Crippen LogP contribution is 2.32. The summed E-state index contributed by atoms with van der Waals surface area (Å²) in [6.45, 7) is 3.20. The van der Waals surface area contributed by atoms with Gasteiger partial charge in [0.05, 0.1) is 36.6 Å². The van der Waals surface area contributed by atoms with Crippen molar-refractivity contribution in [2.45, 2.75) is 37.2 Å². The Bertz CT molecular complexity index is 1610. The quantitative estimate of drug-likeness (QED) is 0.342. The third kappa shape index (κ3) is 7.31.